The minimum atomic E-state index is -0.348. The zero-order valence-electron chi connectivity index (χ0n) is 31.1. The molecule has 2 heteroatoms. The molecule has 49 heavy (non-hydrogen) atoms. The second-order valence-corrected chi connectivity index (χ2v) is 14.5. The Balaban J connectivity index is 1.48. The van der Waals surface area contributed by atoms with Gasteiger partial charge in [0.2, 0.25) is 0 Å². The van der Waals surface area contributed by atoms with E-state index >= 15 is 0 Å². The second kappa shape index (κ2) is 15.8. The maximum absolute atomic E-state index is 3.89. The molecular formula is C47H56N2. The van der Waals surface area contributed by atoms with E-state index < -0.39 is 0 Å². The van der Waals surface area contributed by atoms with Gasteiger partial charge in [0.1, 0.15) is 0 Å². The van der Waals surface area contributed by atoms with Gasteiger partial charge in [0.25, 0.3) is 0 Å². The molecule has 0 heterocycles. The van der Waals surface area contributed by atoms with Crippen LogP contribution >= 0.6 is 0 Å². The van der Waals surface area contributed by atoms with Crippen LogP contribution in [0.2, 0.25) is 0 Å². The number of nitrogens with zero attached hydrogens (tertiary/aromatic N) is 1. The predicted molar refractivity (Wildman–Crippen MR) is 214 cm³/mol. The van der Waals surface area contributed by atoms with Gasteiger partial charge in [0.15, 0.2) is 0 Å². The topological polar surface area (TPSA) is 15.3 Å². The fourth-order valence-electron chi connectivity index (χ4n) is 7.12. The summed E-state index contributed by atoms with van der Waals surface area (Å²) in [6.45, 7) is 17.3. The molecule has 1 N–H and O–H groups in total. The third kappa shape index (κ3) is 8.54. The lowest BCUT2D eigenvalue weighted by atomic mass is 9.65. The Kier molecular flexibility index (Phi) is 11.5. The predicted octanol–water partition coefficient (Wildman–Crippen LogP) is 13.4. The summed E-state index contributed by atoms with van der Waals surface area (Å²) in [5.74, 6) is 0. The lowest BCUT2D eigenvalue weighted by molar-refractivity contribution is 0.346. The molecule has 5 rings (SSSR count). The van der Waals surface area contributed by atoms with E-state index in [1.54, 1.807) is 0 Å². The molecule has 2 nitrogen and oxygen atoms in total. The first-order valence-corrected chi connectivity index (χ1v) is 18.1. The summed E-state index contributed by atoms with van der Waals surface area (Å²) < 4.78 is 0. The number of benzene rings is 4. The minimum Gasteiger partial charge on any atom is -0.372 e. The Bertz CT molecular complexity index is 1790. The Morgan fingerprint density at radius 1 is 0.673 bits per heavy atom. The average Bonchev–Trinajstić information content (AvgIpc) is 3.11. The number of hydrogen-bond donors (Lipinski definition) is 1. The third-order valence-corrected chi connectivity index (χ3v) is 10.3. The highest BCUT2D eigenvalue weighted by atomic mass is 15.1. The molecule has 1 fully saturated rings. The van der Waals surface area contributed by atoms with E-state index in [1.165, 1.54) is 88.1 Å². The van der Waals surface area contributed by atoms with E-state index in [4.69, 9.17) is 0 Å². The van der Waals surface area contributed by atoms with Gasteiger partial charge < -0.3 is 10.2 Å². The highest BCUT2D eigenvalue weighted by Gasteiger charge is 2.36. The van der Waals surface area contributed by atoms with Crippen LogP contribution in [0.15, 0.2) is 144 Å². The van der Waals surface area contributed by atoms with Gasteiger partial charge in [-0.15, -0.1) is 0 Å². The summed E-state index contributed by atoms with van der Waals surface area (Å²) >= 11 is 0. The normalized spacial score (nSPS) is 16.2. The van der Waals surface area contributed by atoms with Gasteiger partial charge in [-0.3, -0.25) is 0 Å². The first-order valence-electron chi connectivity index (χ1n) is 18.1. The van der Waals surface area contributed by atoms with Crippen LogP contribution in [0.3, 0.4) is 0 Å². The van der Waals surface area contributed by atoms with Crippen molar-refractivity contribution in [3.05, 3.63) is 172 Å². The van der Waals surface area contributed by atoms with Gasteiger partial charge in [-0.1, -0.05) is 127 Å². The first kappa shape index (κ1) is 35.7. The number of nitrogens with one attached hydrogen (secondary N) is 1. The molecule has 1 saturated carbocycles. The molecule has 4 aromatic carbocycles. The highest BCUT2D eigenvalue weighted by Crippen LogP contribution is 2.46. The van der Waals surface area contributed by atoms with E-state index in [1.807, 2.05) is 0 Å². The summed E-state index contributed by atoms with van der Waals surface area (Å²) in [5.41, 5.74) is 13.5. The zero-order chi connectivity index (χ0) is 35.0. The van der Waals surface area contributed by atoms with Crippen LogP contribution < -0.4 is 10.2 Å². The molecular weight excluding hydrogens is 593 g/mol. The smallest absolute Gasteiger partial charge is 0.0784 e. The van der Waals surface area contributed by atoms with Gasteiger partial charge in [0.05, 0.1) is 5.54 Å². The van der Waals surface area contributed by atoms with E-state index in [2.05, 4.69) is 193 Å². The van der Waals surface area contributed by atoms with Crippen LogP contribution in [0.5, 0.6) is 0 Å². The van der Waals surface area contributed by atoms with E-state index in [0.29, 0.717) is 0 Å². The van der Waals surface area contributed by atoms with E-state index in [0.717, 1.165) is 5.69 Å². The molecule has 0 aliphatic heterocycles. The number of hydrogen-bond acceptors (Lipinski definition) is 2. The highest BCUT2D eigenvalue weighted by molar-refractivity contribution is 5.69. The zero-order valence-corrected chi connectivity index (χ0v) is 31.1. The second-order valence-electron chi connectivity index (χ2n) is 14.5. The summed E-state index contributed by atoms with van der Waals surface area (Å²) in [7, 11) is 0. The van der Waals surface area contributed by atoms with Crippen molar-refractivity contribution < 1.29 is 0 Å². The number of aryl methyl sites for hydroxylation is 2. The average molecular weight is 649 g/mol. The van der Waals surface area contributed by atoms with Crippen LogP contribution in [0.4, 0.5) is 17.1 Å². The maximum atomic E-state index is 3.89. The van der Waals surface area contributed by atoms with Gasteiger partial charge >= 0.3 is 0 Å². The standard InChI is InChI=1S/C47H56N2/c1-9-36(4)31-34-46(8,40-19-14-37(5)15-20-40)48-43-25-21-41(22-26-43)47(32-11-10-12-33-47)42-23-29-45(30-24-42)49(39(7)18-13-35(2)3)44-27-16-38(6)17-28-44/h9,13-31,34,48H,10-12,32-33H2,1-8H3/b34-31-,36-9-,39-18+. The van der Waals surface area contributed by atoms with Crippen LogP contribution in [0.1, 0.15) is 101 Å². The van der Waals surface area contributed by atoms with Crippen molar-refractivity contribution in [1.29, 1.82) is 0 Å². The Hall–Kier alpha value is -4.56. The van der Waals surface area contributed by atoms with Crippen molar-refractivity contribution in [2.75, 3.05) is 10.2 Å². The van der Waals surface area contributed by atoms with Gasteiger partial charge in [-0.2, -0.15) is 0 Å². The third-order valence-electron chi connectivity index (χ3n) is 10.3. The van der Waals surface area contributed by atoms with Crippen molar-refractivity contribution in [3.8, 4) is 0 Å². The van der Waals surface area contributed by atoms with Crippen LogP contribution in [-0.4, -0.2) is 0 Å². The number of rotatable bonds is 11. The summed E-state index contributed by atoms with van der Waals surface area (Å²) in [4.78, 5) is 2.37. The van der Waals surface area contributed by atoms with E-state index in [-0.39, 0.29) is 11.0 Å². The molecule has 1 aliphatic carbocycles. The Morgan fingerprint density at radius 3 is 1.71 bits per heavy atom. The molecule has 4 aromatic rings. The monoisotopic (exact) mass is 648 g/mol. The maximum Gasteiger partial charge on any atom is 0.0784 e. The SMILES string of the molecule is C/C=C(C)\C=C/C(C)(Nc1ccc(C2(c3ccc(N(/C(C)=C/C=C(C)C)c4ccc(C)cc4)cc3)CCCCC2)cc1)c1ccc(C)cc1. The van der Waals surface area contributed by atoms with Crippen molar-refractivity contribution >= 4 is 17.1 Å². The quantitative estimate of drug-likeness (QED) is 0.163. The fraction of sp³-hybridized carbons (Fsp3) is 0.319. The number of anilines is 3. The molecule has 0 aromatic heterocycles. The molecule has 1 unspecified atom stereocenters. The van der Waals surface area contributed by atoms with Crippen LogP contribution in [0, 0.1) is 13.8 Å². The van der Waals surface area contributed by atoms with E-state index in [9.17, 15) is 0 Å². The molecule has 0 spiro atoms. The molecule has 0 radical (unpaired) electrons. The van der Waals surface area contributed by atoms with Gasteiger partial charge in [0, 0.05) is 28.2 Å². The van der Waals surface area contributed by atoms with Crippen molar-refractivity contribution in [1.82, 2.24) is 0 Å². The lowest BCUT2D eigenvalue weighted by Crippen LogP contribution is -2.31. The molecule has 0 saturated heterocycles. The summed E-state index contributed by atoms with van der Waals surface area (Å²) in [6, 6.07) is 36.5. The summed E-state index contributed by atoms with van der Waals surface area (Å²) in [6.07, 6.45) is 17.2. The van der Waals surface area contributed by atoms with Gasteiger partial charge in [-0.05, 0) is 127 Å². The van der Waals surface area contributed by atoms with Crippen molar-refractivity contribution in [2.45, 2.75) is 98.4 Å². The minimum absolute atomic E-state index is 0.0140. The molecule has 1 aliphatic rings. The summed E-state index contributed by atoms with van der Waals surface area (Å²) in [5, 5.41) is 3.89. The molecule has 1 atom stereocenters. The molecule has 0 bridgehead atoms. The number of allylic oxidation sites excluding steroid dienone is 7. The Labute approximate surface area is 297 Å². The first-order chi connectivity index (χ1) is 23.5. The molecule has 0 amide bonds. The van der Waals surface area contributed by atoms with Crippen LogP contribution in [-0.2, 0) is 11.0 Å². The largest absolute Gasteiger partial charge is 0.372 e. The molecule has 254 valence electrons. The van der Waals surface area contributed by atoms with Crippen molar-refractivity contribution in [3.63, 3.8) is 0 Å². The van der Waals surface area contributed by atoms with Gasteiger partial charge in [-0.25, -0.2) is 0 Å². The Morgan fingerprint density at radius 2 is 1.18 bits per heavy atom. The lowest BCUT2D eigenvalue weighted by Gasteiger charge is -2.39. The fourth-order valence-corrected chi connectivity index (χ4v) is 7.12. The van der Waals surface area contributed by atoms with Crippen LogP contribution in [0.25, 0.3) is 0 Å². The van der Waals surface area contributed by atoms with Crippen molar-refractivity contribution in [2.24, 2.45) is 0 Å².